The molecule has 1 heterocycles. The Morgan fingerprint density at radius 2 is 1.95 bits per heavy atom. The fourth-order valence-electron chi connectivity index (χ4n) is 2.48. The van der Waals surface area contributed by atoms with Gasteiger partial charge in [-0.25, -0.2) is 0 Å². The predicted octanol–water partition coefficient (Wildman–Crippen LogP) is 1.63. The van der Waals surface area contributed by atoms with Gasteiger partial charge >= 0.3 is 0 Å². The first-order valence-corrected chi connectivity index (χ1v) is 8.00. The third-order valence-electron chi connectivity index (χ3n) is 3.81. The molecule has 20 heavy (non-hydrogen) atoms. The Hall–Kier alpha value is -0.810. The maximum absolute atomic E-state index is 5.90. The van der Waals surface area contributed by atoms with Crippen LogP contribution in [0.3, 0.4) is 0 Å². The van der Waals surface area contributed by atoms with Gasteiger partial charge in [0.2, 0.25) is 0 Å². The number of piperidine rings is 1. The summed E-state index contributed by atoms with van der Waals surface area (Å²) in [4.78, 5) is 7.00. The number of nitrogens with zero attached hydrogens (tertiary/aromatic N) is 2. The first-order chi connectivity index (χ1) is 9.83. The number of hydrogen-bond acceptors (Lipinski definition) is 3. The maximum atomic E-state index is 5.90. The van der Waals surface area contributed by atoms with Gasteiger partial charge in [-0.05, 0) is 39.0 Å². The fraction of sp³-hybridized carbons (Fsp3) is 0.933. The molecule has 1 N–H and O–H groups in total. The van der Waals surface area contributed by atoms with Crippen LogP contribution in [-0.4, -0.2) is 63.0 Å². The first-order valence-electron chi connectivity index (χ1n) is 8.00. The van der Waals surface area contributed by atoms with Gasteiger partial charge in [0, 0.05) is 46.0 Å². The summed E-state index contributed by atoms with van der Waals surface area (Å²) in [6.45, 7) is 6.65. The van der Waals surface area contributed by atoms with E-state index < -0.39 is 0 Å². The van der Waals surface area contributed by atoms with Crippen molar-refractivity contribution in [1.29, 1.82) is 0 Å². The summed E-state index contributed by atoms with van der Waals surface area (Å²) in [6, 6.07) is 0.670. The van der Waals surface area contributed by atoms with Crippen molar-refractivity contribution in [3.8, 4) is 0 Å². The van der Waals surface area contributed by atoms with Crippen LogP contribution in [0.2, 0.25) is 0 Å². The highest BCUT2D eigenvalue weighted by Crippen LogP contribution is 2.20. The Bertz CT molecular complexity index is 297. The lowest BCUT2D eigenvalue weighted by Crippen LogP contribution is -2.47. The Kier molecular flexibility index (Phi) is 6.60. The molecule has 2 rings (SSSR count). The van der Waals surface area contributed by atoms with Gasteiger partial charge in [0.05, 0.1) is 6.10 Å². The van der Waals surface area contributed by atoms with E-state index in [4.69, 9.17) is 9.47 Å². The van der Waals surface area contributed by atoms with E-state index in [-0.39, 0.29) is 0 Å². The smallest absolute Gasteiger partial charge is 0.194 e. The van der Waals surface area contributed by atoms with Crippen molar-refractivity contribution in [3.63, 3.8) is 0 Å². The van der Waals surface area contributed by atoms with Crippen LogP contribution < -0.4 is 5.32 Å². The van der Waals surface area contributed by atoms with Crippen LogP contribution in [-0.2, 0) is 9.47 Å². The molecule has 0 aromatic heterocycles. The van der Waals surface area contributed by atoms with Crippen LogP contribution in [0.5, 0.6) is 0 Å². The molecule has 1 aliphatic carbocycles. The third-order valence-corrected chi connectivity index (χ3v) is 3.81. The summed E-state index contributed by atoms with van der Waals surface area (Å²) in [7, 11) is 1.74. The molecule has 2 fully saturated rings. The van der Waals surface area contributed by atoms with Crippen molar-refractivity contribution in [1.82, 2.24) is 10.2 Å². The van der Waals surface area contributed by atoms with Gasteiger partial charge in [-0.2, -0.15) is 0 Å². The summed E-state index contributed by atoms with van der Waals surface area (Å²) in [5.41, 5.74) is 0. The van der Waals surface area contributed by atoms with Crippen LogP contribution in [0, 0.1) is 0 Å². The molecular weight excluding hydrogens is 254 g/mol. The SMILES string of the molecule is CCN=C(NC1CC1)N1CCC(OCCCOC)CC1. The second kappa shape index (κ2) is 8.47. The molecule has 5 nitrogen and oxygen atoms in total. The van der Waals surface area contributed by atoms with Crippen molar-refractivity contribution < 1.29 is 9.47 Å². The molecule has 0 unspecified atom stereocenters. The van der Waals surface area contributed by atoms with Gasteiger partial charge in [0.15, 0.2) is 5.96 Å². The first kappa shape index (κ1) is 15.6. The van der Waals surface area contributed by atoms with E-state index in [2.05, 4.69) is 22.1 Å². The minimum Gasteiger partial charge on any atom is -0.385 e. The van der Waals surface area contributed by atoms with Crippen molar-refractivity contribution >= 4 is 5.96 Å². The summed E-state index contributed by atoms with van der Waals surface area (Å²) in [6.07, 6.45) is 6.18. The summed E-state index contributed by atoms with van der Waals surface area (Å²) >= 11 is 0. The van der Waals surface area contributed by atoms with E-state index in [0.29, 0.717) is 12.1 Å². The predicted molar refractivity (Wildman–Crippen MR) is 81.2 cm³/mol. The minimum absolute atomic E-state index is 0.409. The zero-order chi connectivity index (χ0) is 14.2. The molecule has 0 atom stereocenters. The zero-order valence-electron chi connectivity index (χ0n) is 12.9. The normalized spacial score (nSPS) is 21.3. The number of methoxy groups -OCH3 is 1. The highest BCUT2D eigenvalue weighted by Gasteiger charge is 2.27. The van der Waals surface area contributed by atoms with Gasteiger partial charge in [0.25, 0.3) is 0 Å². The monoisotopic (exact) mass is 283 g/mol. The number of ether oxygens (including phenoxy) is 2. The van der Waals surface area contributed by atoms with Crippen LogP contribution in [0.15, 0.2) is 4.99 Å². The molecule has 0 aromatic rings. The molecule has 0 amide bonds. The van der Waals surface area contributed by atoms with Gasteiger partial charge in [-0.3, -0.25) is 4.99 Å². The second-order valence-corrected chi connectivity index (χ2v) is 5.62. The van der Waals surface area contributed by atoms with Gasteiger partial charge in [0.1, 0.15) is 0 Å². The lowest BCUT2D eigenvalue weighted by Gasteiger charge is -2.34. The number of likely N-dealkylation sites (tertiary alicyclic amines) is 1. The van der Waals surface area contributed by atoms with Crippen LogP contribution in [0.4, 0.5) is 0 Å². The van der Waals surface area contributed by atoms with E-state index in [0.717, 1.165) is 58.1 Å². The Morgan fingerprint density at radius 1 is 1.20 bits per heavy atom. The van der Waals surface area contributed by atoms with Crippen LogP contribution >= 0.6 is 0 Å². The van der Waals surface area contributed by atoms with E-state index in [1.807, 2.05) is 0 Å². The minimum atomic E-state index is 0.409. The second-order valence-electron chi connectivity index (χ2n) is 5.62. The largest absolute Gasteiger partial charge is 0.385 e. The van der Waals surface area contributed by atoms with Crippen LogP contribution in [0.25, 0.3) is 0 Å². The molecule has 1 aliphatic heterocycles. The molecular formula is C15H29N3O2. The standard InChI is InChI=1S/C15H29N3O2/c1-3-16-15(17-13-5-6-13)18-9-7-14(8-10-18)20-12-4-11-19-2/h13-14H,3-12H2,1-2H3,(H,16,17). The molecule has 1 saturated carbocycles. The van der Waals surface area contributed by atoms with Crippen molar-refractivity contribution in [2.24, 2.45) is 4.99 Å². The Morgan fingerprint density at radius 3 is 2.55 bits per heavy atom. The lowest BCUT2D eigenvalue weighted by atomic mass is 10.1. The molecule has 0 radical (unpaired) electrons. The van der Waals surface area contributed by atoms with Crippen LogP contribution in [0.1, 0.15) is 39.0 Å². The van der Waals surface area contributed by atoms with Crippen molar-refractivity contribution in [2.75, 3.05) is 40.0 Å². The number of rotatable bonds is 7. The van der Waals surface area contributed by atoms with Crippen molar-refractivity contribution in [2.45, 2.75) is 51.2 Å². The van der Waals surface area contributed by atoms with E-state index in [9.17, 15) is 0 Å². The maximum Gasteiger partial charge on any atom is 0.194 e. The quantitative estimate of drug-likeness (QED) is 0.438. The van der Waals surface area contributed by atoms with E-state index >= 15 is 0 Å². The molecule has 2 aliphatic rings. The number of aliphatic imine (C=N–C) groups is 1. The fourth-order valence-corrected chi connectivity index (χ4v) is 2.48. The molecule has 5 heteroatoms. The third kappa shape index (κ3) is 5.29. The van der Waals surface area contributed by atoms with Gasteiger partial charge in [-0.15, -0.1) is 0 Å². The van der Waals surface area contributed by atoms with E-state index in [1.165, 1.54) is 12.8 Å². The van der Waals surface area contributed by atoms with E-state index in [1.54, 1.807) is 7.11 Å². The average Bonchev–Trinajstić information content (AvgIpc) is 3.28. The molecule has 0 spiro atoms. The molecule has 116 valence electrons. The highest BCUT2D eigenvalue weighted by atomic mass is 16.5. The summed E-state index contributed by atoms with van der Waals surface area (Å²) in [5.74, 6) is 1.10. The number of nitrogens with one attached hydrogen (secondary N) is 1. The van der Waals surface area contributed by atoms with Gasteiger partial charge < -0.3 is 19.7 Å². The topological polar surface area (TPSA) is 46.1 Å². The lowest BCUT2D eigenvalue weighted by molar-refractivity contribution is 0.00988. The number of guanidine groups is 1. The highest BCUT2D eigenvalue weighted by molar-refractivity contribution is 5.80. The Balaban J connectivity index is 1.67. The summed E-state index contributed by atoms with van der Waals surface area (Å²) < 4.78 is 10.9. The van der Waals surface area contributed by atoms with Crippen molar-refractivity contribution in [3.05, 3.63) is 0 Å². The number of hydrogen-bond donors (Lipinski definition) is 1. The zero-order valence-corrected chi connectivity index (χ0v) is 12.9. The molecule has 0 aromatic carbocycles. The average molecular weight is 283 g/mol. The molecule has 0 bridgehead atoms. The van der Waals surface area contributed by atoms with Gasteiger partial charge in [-0.1, -0.05) is 0 Å². The molecule has 1 saturated heterocycles. The Labute approximate surface area is 122 Å². The summed E-state index contributed by atoms with van der Waals surface area (Å²) in [5, 5.41) is 3.55.